The minimum absolute atomic E-state index is 0.0872. The molecule has 0 fully saturated rings. The quantitative estimate of drug-likeness (QED) is 0.677. The van der Waals surface area contributed by atoms with Gasteiger partial charge in [0.25, 0.3) is 5.91 Å². The Bertz CT molecular complexity index is 723. The van der Waals surface area contributed by atoms with Gasteiger partial charge in [0.05, 0.1) is 5.69 Å². The van der Waals surface area contributed by atoms with E-state index in [4.69, 9.17) is 5.26 Å². The molecule has 0 aliphatic carbocycles. The Labute approximate surface area is 129 Å². The van der Waals surface area contributed by atoms with Crippen LogP contribution in [0.25, 0.3) is 6.08 Å². The number of hydrogen-bond acceptors (Lipinski definition) is 3. The van der Waals surface area contributed by atoms with Gasteiger partial charge in [-0.15, -0.1) is 0 Å². The van der Waals surface area contributed by atoms with Gasteiger partial charge >= 0.3 is 0 Å². The molecule has 0 spiro atoms. The summed E-state index contributed by atoms with van der Waals surface area (Å²) in [6, 6.07) is 11.8. The predicted molar refractivity (Wildman–Crippen MR) is 84.7 cm³/mol. The van der Waals surface area contributed by atoms with E-state index in [2.05, 4.69) is 10.4 Å². The SMILES string of the molecule is Cc1nn(C)cc1/C=C(/C#N)C(=O)NCCc1ccccc1. The summed E-state index contributed by atoms with van der Waals surface area (Å²) in [5.41, 5.74) is 2.79. The summed E-state index contributed by atoms with van der Waals surface area (Å²) < 4.78 is 1.66. The molecule has 0 bridgehead atoms. The minimum atomic E-state index is -0.360. The summed E-state index contributed by atoms with van der Waals surface area (Å²) >= 11 is 0. The topological polar surface area (TPSA) is 70.7 Å². The summed E-state index contributed by atoms with van der Waals surface area (Å²) in [5.74, 6) is -0.360. The maximum atomic E-state index is 12.1. The first-order chi connectivity index (χ1) is 10.6. The highest BCUT2D eigenvalue weighted by Gasteiger charge is 2.10. The number of benzene rings is 1. The maximum absolute atomic E-state index is 12.1. The molecule has 2 aromatic rings. The molecule has 1 amide bonds. The van der Waals surface area contributed by atoms with Crippen LogP contribution in [0.1, 0.15) is 16.8 Å². The maximum Gasteiger partial charge on any atom is 0.261 e. The fourth-order valence-corrected chi connectivity index (χ4v) is 2.12. The Hall–Kier alpha value is -2.87. The van der Waals surface area contributed by atoms with E-state index in [1.807, 2.05) is 43.3 Å². The van der Waals surface area contributed by atoms with Crippen LogP contribution in [0.2, 0.25) is 0 Å². The van der Waals surface area contributed by atoms with Crippen LogP contribution in [-0.4, -0.2) is 22.2 Å². The fraction of sp³-hybridized carbons (Fsp3) is 0.235. The number of carbonyl (C=O) groups excluding carboxylic acids is 1. The van der Waals surface area contributed by atoms with Crippen molar-refractivity contribution in [2.75, 3.05) is 6.54 Å². The predicted octanol–water partition coefficient (Wildman–Crippen LogP) is 1.99. The molecule has 1 N–H and O–H groups in total. The van der Waals surface area contributed by atoms with Gasteiger partial charge in [-0.2, -0.15) is 10.4 Å². The molecule has 0 unspecified atom stereocenters. The van der Waals surface area contributed by atoms with E-state index < -0.39 is 0 Å². The van der Waals surface area contributed by atoms with E-state index in [1.165, 1.54) is 0 Å². The van der Waals surface area contributed by atoms with E-state index in [0.29, 0.717) is 6.54 Å². The van der Waals surface area contributed by atoms with Crippen molar-refractivity contribution in [2.24, 2.45) is 7.05 Å². The Balaban J connectivity index is 1.98. The molecular formula is C17H18N4O. The lowest BCUT2D eigenvalue weighted by Crippen LogP contribution is -2.26. The van der Waals surface area contributed by atoms with Crippen molar-refractivity contribution in [2.45, 2.75) is 13.3 Å². The summed E-state index contributed by atoms with van der Waals surface area (Å²) in [7, 11) is 1.80. The second kappa shape index (κ2) is 7.23. The van der Waals surface area contributed by atoms with E-state index >= 15 is 0 Å². The van der Waals surface area contributed by atoms with Gasteiger partial charge in [0.2, 0.25) is 0 Å². The molecule has 0 saturated heterocycles. The molecule has 5 heteroatoms. The van der Waals surface area contributed by atoms with E-state index in [9.17, 15) is 4.79 Å². The number of aromatic nitrogens is 2. The Morgan fingerprint density at radius 2 is 2.14 bits per heavy atom. The lowest BCUT2D eigenvalue weighted by molar-refractivity contribution is -0.117. The van der Waals surface area contributed by atoms with Crippen LogP contribution in [0.15, 0.2) is 42.1 Å². The zero-order chi connectivity index (χ0) is 15.9. The number of aryl methyl sites for hydroxylation is 2. The molecule has 112 valence electrons. The van der Waals surface area contributed by atoms with Crippen molar-refractivity contribution in [3.05, 3.63) is 58.9 Å². The van der Waals surface area contributed by atoms with Crippen LogP contribution in [0.5, 0.6) is 0 Å². The number of nitriles is 1. The number of hydrogen-bond donors (Lipinski definition) is 1. The average molecular weight is 294 g/mol. The van der Waals surface area contributed by atoms with Crippen LogP contribution in [0.4, 0.5) is 0 Å². The van der Waals surface area contributed by atoms with Crippen molar-refractivity contribution in [3.8, 4) is 6.07 Å². The smallest absolute Gasteiger partial charge is 0.261 e. The van der Waals surface area contributed by atoms with Gasteiger partial charge in [-0.25, -0.2) is 0 Å². The first-order valence-electron chi connectivity index (χ1n) is 7.04. The van der Waals surface area contributed by atoms with Crippen LogP contribution >= 0.6 is 0 Å². The van der Waals surface area contributed by atoms with Gasteiger partial charge in [0.1, 0.15) is 11.6 Å². The Kier molecular flexibility index (Phi) is 5.10. The van der Waals surface area contributed by atoms with Crippen molar-refractivity contribution in [1.29, 1.82) is 5.26 Å². The molecular weight excluding hydrogens is 276 g/mol. The van der Waals surface area contributed by atoms with Crippen LogP contribution < -0.4 is 5.32 Å². The third kappa shape index (κ3) is 4.06. The highest BCUT2D eigenvalue weighted by atomic mass is 16.1. The van der Waals surface area contributed by atoms with E-state index in [0.717, 1.165) is 23.2 Å². The van der Waals surface area contributed by atoms with Gasteiger partial charge in [-0.1, -0.05) is 30.3 Å². The average Bonchev–Trinajstić information content (AvgIpc) is 2.83. The molecule has 1 aromatic carbocycles. The molecule has 0 atom stereocenters. The number of rotatable bonds is 5. The first-order valence-corrected chi connectivity index (χ1v) is 7.04. The largest absolute Gasteiger partial charge is 0.351 e. The number of nitrogens with one attached hydrogen (secondary N) is 1. The van der Waals surface area contributed by atoms with Crippen molar-refractivity contribution < 1.29 is 4.79 Å². The van der Waals surface area contributed by atoms with Crippen LogP contribution in [-0.2, 0) is 18.3 Å². The second-order valence-corrected chi connectivity index (χ2v) is 5.00. The second-order valence-electron chi connectivity index (χ2n) is 5.00. The summed E-state index contributed by atoms with van der Waals surface area (Å²) in [6.07, 6.45) is 4.08. The zero-order valence-electron chi connectivity index (χ0n) is 12.7. The summed E-state index contributed by atoms with van der Waals surface area (Å²) in [5, 5.41) is 16.1. The molecule has 5 nitrogen and oxygen atoms in total. The van der Waals surface area contributed by atoms with Gasteiger partial charge in [0.15, 0.2) is 0 Å². The molecule has 0 aliphatic heterocycles. The molecule has 0 radical (unpaired) electrons. The minimum Gasteiger partial charge on any atom is -0.351 e. The van der Waals surface area contributed by atoms with Crippen molar-refractivity contribution in [1.82, 2.24) is 15.1 Å². The Morgan fingerprint density at radius 3 is 2.73 bits per heavy atom. The highest BCUT2D eigenvalue weighted by Crippen LogP contribution is 2.10. The number of amides is 1. The summed E-state index contributed by atoms with van der Waals surface area (Å²) in [6.45, 7) is 2.34. The lowest BCUT2D eigenvalue weighted by Gasteiger charge is -2.04. The van der Waals surface area contributed by atoms with Gasteiger partial charge in [-0.05, 0) is 25.0 Å². The fourth-order valence-electron chi connectivity index (χ4n) is 2.12. The third-order valence-electron chi connectivity index (χ3n) is 3.26. The van der Waals surface area contributed by atoms with Crippen molar-refractivity contribution >= 4 is 12.0 Å². The van der Waals surface area contributed by atoms with Gasteiger partial charge in [0, 0.05) is 25.4 Å². The van der Waals surface area contributed by atoms with Crippen LogP contribution in [0, 0.1) is 18.3 Å². The normalized spacial score (nSPS) is 11.0. The summed E-state index contributed by atoms with van der Waals surface area (Å²) in [4.78, 5) is 12.1. The number of nitrogens with zero attached hydrogens (tertiary/aromatic N) is 3. The van der Waals surface area contributed by atoms with Crippen molar-refractivity contribution in [3.63, 3.8) is 0 Å². The van der Waals surface area contributed by atoms with Crippen LogP contribution in [0.3, 0.4) is 0 Å². The van der Waals surface area contributed by atoms with Gasteiger partial charge < -0.3 is 5.32 Å². The molecule has 0 saturated carbocycles. The molecule has 1 heterocycles. The molecule has 0 aliphatic rings. The van der Waals surface area contributed by atoms with E-state index in [-0.39, 0.29) is 11.5 Å². The van der Waals surface area contributed by atoms with Gasteiger partial charge in [-0.3, -0.25) is 9.48 Å². The standard InChI is InChI=1S/C17H18N4O/c1-13-16(12-21(2)20-13)10-15(11-18)17(22)19-9-8-14-6-4-3-5-7-14/h3-7,10,12H,8-9H2,1-2H3,(H,19,22)/b15-10-. The van der Waals surface area contributed by atoms with E-state index in [1.54, 1.807) is 24.0 Å². The monoisotopic (exact) mass is 294 g/mol. The number of carbonyl (C=O) groups is 1. The Morgan fingerprint density at radius 1 is 1.41 bits per heavy atom. The third-order valence-corrected chi connectivity index (χ3v) is 3.26. The first kappa shape index (κ1) is 15.5. The molecule has 22 heavy (non-hydrogen) atoms. The lowest BCUT2D eigenvalue weighted by atomic mass is 10.1. The molecule has 1 aromatic heterocycles. The highest BCUT2D eigenvalue weighted by molar-refractivity contribution is 6.01. The zero-order valence-corrected chi connectivity index (χ0v) is 12.7. The molecule has 2 rings (SSSR count).